The van der Waals surface area contributed by atoms with Gasteiger partial charge >= 0.3 is 5.97 Å². The summed E-state index contributed by atoms with van der Waals surface area (Å²) in [4.78, 5) is 26.2. The van der Waals surface area contributed by atoms with E-state index >= 15 is 0 Å². The van der Waals surface area contributed by atoms with Crippen molar-refractivity contribution in [1.82, 2.24) is 4.90 Å². The maximum atomic E-state index is 12.4. The number of amides is 1. The molecular weight excluding hydrogens is 306 g/mol. The zero-order chi connectivity index (χ0) is 17.5. The summed E-state index contributed by atoms with van der Waals surface area (Å²) in [5, 5.41) is 0. The van der Waals surface area contributed by atoms with Crippen LogP contribution in [-0.4, -0.2) is 38.0 Å². The predicted octanol–water partition coefficient (Wildman–Crippen LogP) is 2.82. The molecule has 0 aromatic heterocycles. The van der Waals surface area contributed by atoms with E-state index in [1.165, 1.54) is 4.90 Å². The summed E-state index contributed by atoms with van der Waals surface area (Å²) >= 11 is 0. The maximum Gasteiger partial charge on any atom is 0.339 e. The maximum absolute atomic E-state index is 12.4. The molecule has 5 nitrogen and oxygen atoms in total. The van der Waals surface area contributed by atoms with E-state index in [-0.39, 0.29) is 5.91 Å². The molecular formula is C19H21NO4. The third-order valence-electron chi connectivity index (χ3n) is 3.49. The number of carbonyl (C=O) groups is 2. The molecule has 0 fully saturated rings. The Kier molecular flexibility index (Phi) is 6.09. The van der Waals surface area contributed by atoms with Crippen molar-refractivity contribution in [2.24, 2.45) is 0 Å². The van der Waals surface area contributed by atoms with Gasteiger partial charge in [0.15, 0.2) is 0 Å². The highest BCUT2D eigenvalue weighted by Crippen LogP contribution is 2.21. The Hall–Kier alpha value is -2.66. The van der Waals surface area contributed by atoms with Crippen LogP contribution in [0.4, 0.5) is 0 Å². The van der Waals surface area contributed by atoms with Gasteiger partial charge < -0.3 is 14.4 Å². The lowest BCUT2D eigenvalue weighted by molar-refractivity contribution is -0.138. The third kappa shape index (κ3) is 4.43. The molecule has 0 aliphatic rings. The number of methoxy groups -OCH3 is 1. The van der Waals surface area contributed by atoms with Crippen molar-refractivity contribution in [1.29, 1.82) is 0 Å². The molecule has 0 N–H and O–H groups in total. The van der Waals surface area contributed by atoms with Crippen molar-refractivity contribution in [3.8, 4) is 0 Å². The lowest BCUT2D eigenvalue weighted by atomic mass is 10.1. The fourth-order valence-corrected chi connectivity index (χ4v) is 2.20. The molecule has 5 heteroatoms. The van der Waals surface area contributed by atoms with Crippen LogP contribution >= 0.6 is 0 Å². The van der Waals surface area contributed by atoms with Crippen LogP contribution in [0, 0.1) is 0 Å². The average molecular weight is 327 g/mol. The van der Waals surface area contributed by atoms with Gasteiger partial charge in [0, 0.05) is 26.8 Å². The molecule has 2 rings (SSSR count). The molecule has 24 heavy (non-hydrogen) atoms. The SMILES string of the molecule is COCc1ccc(C(=O)O[C@@H](C(=O)N(C)C)c2ccccc2)cc1. The normalized spacial score (nSPS) is 11.6. The van der Waals surface area contributed by atoms with Gasteiger partial charge in [0.05, 0.1) is 12.2 Å². The summed E-state index contributed by atoms with van der Waals surface area (Å²) in [6, 6.07) is 15.9. The quantitative estimate of drug-likeness (QED) is 0.766. The fraction of sp³-hybridized carbons (Fsp3) is 0.263. The first-order valence-electron chi connectivity index (χ1n) is 7.58. The molecule has 1 amide bonds. The Labute approximate surface area is 141 Å². The molecule has 2 aromatic rings. The first kappa shape index (κ1) is 17.7. The lowest BCUT2D eigenvalue weighted by Crippen LogP contribution is -2.31. The highest BCUT2D eigenvalue weighted by atomic mass is 16.5. The second kappa shape index (κ2) is 8.26. The summed E-state index contributed by atoms with van der Waals surface area (Å²) in [5.74, 6) is -0.825. The molecule has 0 saturated carbocycles. The number of nitrogens with zero attached hydrogens (tertiary/aromatic N) is 1. The van der Waals surface area contributed by atoms with Crippen LogP contribution in [-0.2, 0) is 20.9 Å². The summed E-state index contributed by atoms with van der Waals surface area (Å²) < 4.78 is 10.5. The largest absolute Gasteiger partial charge is 0.444 e. The van der Waals surface area contributed by atoms with Crippen LogP contribution in [0.15, 0.2) is 54.6 Å². The average Bonchev–Trinajstić information content (AvgIpc) is 2.60. The molecule has 0 aliphatic carbocycles. The first-order chi connectivity index (χ1) is 11.5. The molecule has 0 heterocycles. The van der Waals surface area contributed by atoms with E-state index in [9.17, 15) is 9.59 Å². The van der Waals surface area contributed by atoms with Gasteiger partial charge in [0.1, 0.15) is 0 Å². The van der Waals surface area contributed by atoms with Crippen molar-refractivity contribution in [3.63, 3.8) is 0 Å². The summed E-state index contributed by atoms with van der Waals surface area (Å²) in [6.45, 7) is 0.473. The number of carbonyl (C=O) groups excluding carboxylic acids is 2. The highest BCUT2D eigenvalue weighted by molar-refractivity contribution is 5.92. The van der Waals surface area contributed by atoms with Gasteiger partial charge in [0.25, 0.3) is 5.91 Å². The number of ether oxygens (including phenoxy) is 2. The Balaban J connectivity index is 2.19. The van der Waals surface area contributed by atoms with Crippen molar-refractivity contribution in [2.45, 2.75) is 12.7 Å². The van der Waals surface area contributed by atoms with E-state index < -0.39 is 12.1 Å². The van der Waals surface area contributed by atoms with Crippen LogP contribution in [0.1, 0.15) is 27.6 Å². The van der Waals surface area contributed by atoms with E-state index in [0.717, 1.165) is 5.56 Å². The van der Waals surface area contributed by atoms with Gasteiger partial charge in [-0.05, 0) is 17.7 Å². The third-order valence-corrected chi connectivity index (χ3v) is 3.49. The predicted molar refractivity (Wildman–Crippen MR) is 90.4 cm³/mol. The minimum Gasteiger partial charge on any atom is -0.444 e. The summed E-state index contributed by atoms with van der Waals surface area (Å²) in [6.07, 6.45) is -0.965. The molecule has 0 unspecified atom stereocenters. The number of benzene rings is 2. The van der Waals surface area contributed by atoms with E-state index in [4.69, 9.17) is 9.47 Å². The zero-order valence-electron chi connectivity index (χ0n) is 14.1. The molecule has 0 bridgehead atoms. The van der Waals surface area contributed by atoms with Crippen LogP contribution in [0.3, 0.4) is 0 Å². The van der Waals surface area contributed by atoms with Gasteiger partial charge in [-0.3, -0.25) is 4.79 Å². The molecule has 0 saturated heterocycles. The molecule has 0 radical (unpaired) electrons. The van der Waals surface area contributed by atoms with Crippen molar-refractivity contribution in [2.75, 3.05) is 21.2 Å². The van der Waals surface area contributed by atoms with Crippen LogP contribution in [0.2, 0.25) is 0 Å². The van der Waals surface area contributed by atoms with Crippen LogP contribution in [0.5, 0.6) is 0 Å². The minimum absolute atomic E-state index is 0.287. The van der Waals surface area contributed by atoms with E-state index in [1.54, 1.807) is 69.7 Å². The molecule has 0 aliphatic heterocycles. The number of rotatable bonds is 6. The van der Waals surface area contributed by atoms with E-state index in [0.29, 0.717) is 17.7 Å². The second-order valence-electron chi connectivity index (χ2n) is 5.56. The number of likely N-dealkylation sites (N-methyl/N-ethyl adjacent to an activating group) is 1. The van der Waals surface area contributed by atoms with Crippen molar-refractivity contribution >= 4 is 11.9 Å². The Morgan fingerprint density at radius 2 is 1.62 bits per heavy atom. The Morgan fingerprint density at radius 3 is 2.17 bits per heavy atom. The van der Waals surface area contributed by atoms with E-state index in [1.807, 2.05) is 6.07 Å². The summed E-state index contributed by atoms with van der Waals surface area (Å²) in [7, 11) is 4.87. The van der Waals surface area contributed by atoms with Gasteiger partial charge in [-0.2, -0.15) is 0 Å². The topological polar surface area (TPSA) is 55.8 Å². The Bertz CT molecular complexity index is 680. The van der Waals surface area contributed by atoms with Crippen LogP contribution < -0.4 is 0 Å². The first-order valence-corrected chi connectivity index (χ1v) is 7.58. The number of esters is 1. The standard InChI is InChI=1S/C19H21NO4/c1-20(2)18(21)17(15-7-5-4-6-8-15)24-19(22)16-11-9-14(10-12-16)13-23-3/h4-12,17H,13H2,1-3H3/t17-/m1/s1. The molecule has 2 aromatic carbocycles. The van der Waals surface area contributed by atoms with Gasteiger partial charge in [0.2, 0.25) is 6.10 Å². The van der Waals surface area contributed by atoms with Gasteiger partial charge in [-0.15, -0.1) is 0 Å². The molecule has 0 spiro atoms. The van der Waals surface area contributed by atoms with Crippen LogP contribution in [0.25, 0.3) is 0 Å². The molecule has 126 valence electrons. The van der Waals surface area contributed by atoms with Gasteiger partial charge in [-0.25, -0.2) is 4.79 Å². The Morgan fingerprint density at radius 1 is 1.00 bits per heavy atom. The minimum atomic E-state index is -0.965. The number of hydrogen-bond acceptors (Lipinski definition) is 4. The monoisotopic (exact) mass is 327 g/mol. The lowest BCUT2D eigenvalue weighted by Gasteiger charge is -2.21. The van der Waals surface area contributed by atoms with E-state index in [2.05, 4.69) is 0 Å². The number of hydrogen-bond donors (Lipinski definition) is 0. The molecule has 1 atom stereocenters. The summed E-state index contributed by atoms with van der Waals surface area (Å²) in [5.41, 5.74) is 1.99. The zero-order valence-corrected chi connectivity index (χ0v) is 14.1. The highest BCUT2D eigenvalue weighted by Gasteiger charge is 2.26. The fourth-order valence-electron chi connectivity index (χ4n) is 2.20. The van der Waals surface area contributed by atoms with Crippen molar-refractivity contribution in [3.05, 3.63) is 71.3 Å². The smallest absolute Gasteiger partial charge is 0.339 e. The van der Waals surface area contributed by atoms with Gasteiger partial charge in [-0.1, -0.05) is 42.5 Å². The second-order valence-corrected chi connectivity index (χ2v) is 5.56. The van der Waals surface area contributed by atoms with Crippen molar-refractivity contribution < 1.29 is 19.1 Å².